The molecule has 2 aromatic rings. The van der Waals surface area contributed by atoms with Gasteiger partial charge in [0.15, 0.2) is 0 Å². The van der Waals surface area contributed by atoms with Gasteiger partial charge in [0, 0.05) is 24.2 Å². The minimum absolute atomic E-state index is 0.0188. The topological polar surface area (TPSA) is 84.9 Å². The van der Waals surface area contributed by atoms with Crippen molar-refractivity contribution in [2.24, 2.45) is 17.3 Å². The molecule has 7 nitrogen and oxygen atoms in total. The van der Waals surface area contributed by atoms with Crippen molar-refractivity contribution in [3.05, 3.63) is 59.7 Å². The van der Waals surface area contributed by atoms with Gasteiger partial charge < -0.3 is 14.8 Å². The number of carbonyl (C=O) groups excluding carboxylic acids is 1. The molecule has 0 aromatic heterocycles. The van der Waals surface area contributed by atoms with Gasteiger partial charge in [-0.1, -0.05) is 44.2 Å². The smallest absolute Gasteiger partial charge is 0.251 e. The highest BCUT2D eigenvalue weighted by atomic mass is 32.2. The molecule has 3 fully saturated rings. The lowest BCUT2D eigenvalue weighted by Crippen LogP contribution is -2.58. The molecular formula is C28H36N2O5S. The Morgan fingerprint density at radius 1 is 1.14 bits per heavy atom. The number of ether oxygens (including phenoxy) is 2. The summed E-state index contributed by atoms with van der Waals surface area (Å²) in [5.41, 5.74) is 0.974. The fraction of sp³-hybridized carbons (Fsp3) is 0.536. The Bertz CT molecular complexity index is 1230. The summed E-state index contributed by atoms with van der Waals surface area (Å²) in [5.74, 6) is 0.982. The number of hydrogen-bond acceptors (Lipinski definition) is 5. The summed E-state index contributed by atoms with van der Waals surface area (Å²) < 4.78 is 40.1. The molecule has 3 aliphatic rings. The van der Waals surface area contributed by atoms with Crippen molar-refractivity contribution in [1.82, 2.24) is 9.62 Å². The van der Waals surface area contributed by atoms with Gasteiger partial charge >= 0.3 is 0 Å². The van der Waals surface area contributed by atoms with Crippen LogP contribution in [0.1, 0.15) is 56.0 Å². The fourth-order valence-corrected chi connectivity index (χ4v) is 7.98. The third kappa shape index (κ3) is 4.33. The average Bonchev–Trinajstić information content (AvgIpc) is 3.38. The van der Waals surface area contributed by atoms with Crippen molar-refractivity contribution in [3.63, 3.8) is 0 Å². The van der Waals surface area contributed by atoms with Crippen LogP contribution in [0, 0.1) is 17.3 Å². The van der Waals surface area contributed by atoms with Gasteiger partial charge in [-0.3, -0.25) is 4.79 Å². The molecule has 36 heavy (non-hydrogen) atoms. The number of hydrogen-bond donors (Lipinski definition) is 1. The summed E-state index contributed by atoms with van der Waals surface area (Å²) in [7, 11) is -3.88. The van der Waals surface area contributed by atoms with Crippen molar-refractivity contribution in [3.8, 4) is 5.75 Å². The molecule has 2 aliphatic carbocycles. The molecule has 1 amide bonds. The maximum absolute atomic E-state index is 13.7. The van der Waals surface area contributed by atoms with E-state index >= 15 is 0 Å². The summed E-state index contributed by atoms with van der Waals surface area (Å²) in [6, 6.07) is 14.3. The number of benzene rings is 2. The largest absolute Gasteiger partial charge is 0.487 e. The molecule has 4 unspecified atom stereocenters. The second kappa shape index (κ2) is 9.47. The maximum Gasteiger partial charge on any atom is 0.251 e. The highest BCUT2D eigenvalue weighted by molar-refractivity contribution is 7.89. The molecule has 2 bridgehead atoms. The van der Waals surface area contributed by atoms with Crippen LogP contribution in [0.25, 0.3) is 0 Å². The van der Waals surface area contributed by atoms with Gasteiger partial charge in [-0.15, -0.1) is 0 Å². The first-order valence-electron chi connectivity index (χ1n) is 12.9. The number of nitrogens with zero attached hydrogens (tertiary/aromatic N) is 1. The minimum Gasteiger partial charge on any atom is -0.487 e. The van der Waals surface area contributed by atoms with Gasteiger partial charge in [-0.25, -0.2) is 8.42 Å². The Labute approximate surface area is 214 Å². The Hall–Kier alpha value is -2.42. The highest BCUT2D eigenvalue weighted by Gasteiger charge is 2.61. The van der Waals surface area contributed by atoms with Crippen LogP contribution in [0.3, 0.4) is 0 Å². The molecule has 2 aromatic carbocycles. The highest BCUT2D eigenvalue weighted by Crippen LogP contribution is 2.62. The zero-order valence-corrected chi connectivity index (χ0v) is 22.1. The van der Waals surface area contributed by atoms with Gasteiger partial charge in [0.25, 0.3) is 5.91 Å². The first-order chi connectivity index (χ1) is 17.1. The fourth-order valence-electron chi connectivity index (χ4n) is 6.41. The summed E-state index contributed by atoms with van der Waals surface area (Å²) in [6.07, 6.45) is 3.42. The first kappa shape index (κ1) is 25.2. The van der Waals surface area contributed by atoms with E-state index in [-0.39, 0.29) is 47.2 Å². The third-order valence-corrected chi connectivity index (χ3v) is 11.0. The predicted octanol–water partition coefficient (Wildman–Crippen LogP) is 4.23. The molecule has 2 saturated carbocycles. The van der Waals surface area contributed by atoms with E-state index in [2.05, 4.69) is 26.1 Å². The van der Waals surface area contributed by atoms with Gasteiger partial charge in [0.1, 0.15) is 17.3 Å². The second-order valence-corrected chi connectivity index (χ2v) is 12.9. The van der Waals surface area contributed by atoms with Crippen molar-refractivity contribution < 1.29 is 22.7 Å². The second-order valence-electron chi connectivity index (χ2n) is 11.0. The number of amides is 1. The number of nitrogens with one attached hydrogen (secondary N) is 1. The lowest BCUT2D eigenvalue weighted by atomic mass is 9.66. The van der Waals surface area contributed by atoms with E-state index < -0.39 is 10.0 Å². The van der Waals surface area contributed by atoms with E-state index in [0.717, 1.165) is 18.4 Å². The summed E-state index contributed by atoms with van der Waals surface area (Å²) in [6.45, 7) is 8.10. The van der Waals surface area contributed by atoms with E-state index in [0.29, 0.717) is 30.6 Å². The molecule has 0 spiro atoms. The number of rotatable bonds is 7. The van der Waals surface area contributed by atoms with Crippen LogP contribution in [0.4, 0.5) is 0 Å². The summed E-state index contributed by atoms with van der Waals surface area (Å²) >= 11 is 0. The monoisotopic (exact) mass is 512 g/mol. The minimum atomic E-state index is -3.88. The third-order valence-electron chi connectivity index (χ3n) is 9.06. The molecule has 8 heteroatoms. The zero-order chi connectivity index (χ0) is 25.6. The lowest BCUT2D eigenvalue weighted by Gasteiger charge is -2.46. The van der Waals surface area contributed by atoms with Crippen molar-refractivity contribution >= 4 is 15.9 Å². The Balaban J connectivity index is 1.45. The normalized spacial score (nSPS) is 30.3. The number of carbonyl (C=O) groups is 1. The van der Waals surface area contributed by atoms with Gasteiger partial charge in [-0.05, 0) is 67.2 Å². The van der Waals surface area contributed by atoms with Gasteiger partial charge in [-0.2, -0.15) is 4.31 Å². The van der Waals surface area contributed by atoms with Gasteiger partial charge in [0.05, 0.1) is 13.2 Å². The molecule has 1 N–H and O–H groups in total. The summed E-state index contributed by atoms with van der Waals surface area (Å²) in [4.78, 5) is 13.6. The van der Waals surface area contributed by atoms with Crippen LogP contribution in [0.5, 0.6) is 5.75 Å². The van der Waals surface area contributed by atoms with E-state index in [1.807, 2.05) is 30.3 Å². The van der Waals surface area contributed by atoms with E-state index in [1.165, 1.54) is 16.8 Å². The zero-order valence-electron chi connectivity index (χ0n) is 21.3. The summed E-state index contributed by atoms with van der Waals surface area (Å²) in [5, 5.41) is 3.32. The number of fused-ring (bicyclic) bond motifs is 2. The SMILES string of the molecule is CC1C2CCC(C)(C2)C1(C)NC(=O)c1ccc(OCc2ccccc2)c(S(=O)(=O)N2CCOCC2)c1. The Morgan fingerprint density at radius 3 is 2.53 bits per heavy atom. The molecule has 1 heterocycles. The van der Waals surface area contributed by atoms with E-state index in [1.54, 1.807) is 12.1 Å². The lowest BCUT2D eigenvalue weighted by molar-refractivity contribution is 0.0630. The molecule has 194 valence electrons. The van der Waals surface area contributed by atoms with Crippen LogP contribution in [-0.4, -0.2) is 50.5 Å². The van der Waals surface area contributed by atoms with Crippen LogP contribution >= 0.6 is 0 Å². The average molecular weight is 513 g/mol. The van der Waals surface area contributed by atoms with Crippen LogP contribution in [0.15, 0.2) is 53.4 Å². The quantitative estimate of drug-likeness (QED) is 0.600. The van der Waals surface area contributed by atoms with E-state index in [9.17, 15) is 13.2 Å². The Morgan fingerprint density at radius 2 is 1.86 bits per heavy atom. The first-order valence-corrected chi connectivity index (χ1v) is 14.3. The Kier molecular flexibility index (Phi) is 6.64. The number of morpholine rings is 1. The van der Waals surface area contributed by atoms with Gasteiger partial charge in [0.2, 0.25) is 10.0 Å². The van der Waals surface area contributed by atoms with Crippen LogP contribution in [0.2, 0.25) is 0 Å². The number of sulfonamides is 1. The molecular weight excluding hydrogens is 476 g/mol. The van der Waals surface area contributed by atoms with Crippen LogP contribution in [-0.2, 0) is 21.4 Å². The standard InChI is InChI=1S/C28H36N2O5S/c1-20-23-11-12-27(2,18-23)28(20,3)29-26(31)22-9-10-24(35-19-21-7-5-4-6-8-21)25(17-22)36(32,33)30-13-15-34-16-14-30/h4-10,17,20,23H,11-16,18-19H2,1-3H3,(H,29,31). The van der Waals surface area contributed by atoms with Crippen molar-refractivity contribution in [1.29, 1.82) is 0 Å². The molecule has 4 atom stereocenters. The van der Waals surface area contributed by atoms with E-state index in [4.69, 9.17) is 9.47 Å². The predicted molar refractivity (Wildman–Crippen MR) is 137 cm³/mol. The molecule has 1 aliphatic heterocycles. The molecule has 5 rings (SSSR count). The van der Waals surface area contributed by atoms with Crippen LogP contribution < -0.4 is 10.1 Å². The molecule has 0 radical (unpaired) electrons. The van der Waals surface area contributed by atoms with Crippen molar-refractivity contribution in [2.75, 3.05) is 26.3 Å². The maximum atomic E-state index is 13.7. The van der Waals surface area contributed by atoms with Crippen molar-refractivity contribution in [2.45, 2.75) is 57.1 Å². The molecule has 1 saturated heterocycles.